The highest BCUT2D eigenvalue weighted by atomic mass is 16.2. The maximum atomic E-state index is 11.3. The first-order chi connectivity index (χ1) is 7.97. The predicted octanol–water partition coefficient (Wildman–Crippen LogP) is 2.62. The van der Waals surface area contributed by atoms with Crippen molar-refractivity contribution in [1.82, 2.24) is 5.43 Å². The van der Waals surface area contributed by atoms with Crippen LogP contribution in [0.25, 0.3) is 0 Å². The zero-order valence-corrected chi connectivity index (χ0v) is 10.8. The Balaban J connectivity index is 2.15. The Morgan fingerprint density at radius 1 is 1.18 bits per heavy atom. The minimum absolute atomic E-state index is 0.108. The highest BCUT2D eigenvalue weighted by Crippen LogP contribution is 2.25. The van der Waals surface area contributed by atoms with Crippen molar-refractivity contribution in [2.75, 3.05) is 11.6 Å². The van der Waals surface area contributed by atoms with E-state index in [1.165, 1.54) is 5.56 Å². The van der Waals surface area contributed by atoms with E-state index < -0.39 is 0 Å². The van der Waals surface area contributed by atoms with Crippen LogP contribution in [-0.4, -0.2) is 12.5 Å². The van der Waals surface area contributed by atoms with Gasteiger partial charge in [0.1, 0.15) is 0 Å². The summed E-state index contributed by atoms with van der Waals surface area (Å²) in [6.07, 6.45) is 1.56. The molecule has 1 heterocycles. The molecule has 0 unspecified atom stereocenters. The van der Waals surface area contributed by atoms with Crippen LogP contribution >= 0.6 is 0 Å². The van der Waals surface area contributed by atoms with E-state index in [4.69, 9.17) is 0 Å². The SMILES string of the molecule is CC(C)(C)c1ccc(N2CCCC(=O)N2)cc1. The Bertz CT molecular complexity index is 403. The van der Waals surface area contributed by atoms with Crippen LogP contribution in [0.3, 0.4) is 0 Å². The van der Waals surface area contributed by atoms with Crippen molar-refractivity contribution in [2.24, 2.45) is 0 Å². The second-order valence-corrected chi connectivity index (χ2v) is 5.59. The summed E-state index contributed by atoms with van der Waals surface area (Å²) in [6.45, 7) is 7.49. The molecule has 0 spiro atoms. The Morgan fingerprint density at radius 3 is 2.35 bits per heavy atom. The van der Waals surface area contributed by atoms with Crippen LogP contribution in [-0.2, 0) is 10.2 Å². The Labute approximate surface area is 103 Å². The summed E-state index contributed by atoms with van der Waals surface area (Å²) in [5.41, 5.74) is 5.43. The van der Waals surface area contributed by atoms with Crippen molar-refractivity contribution in [2.45, 2.75) is 39.0 Å². The molecule has 92 valence electrons. The second kappa shape index (κ2) is 4.40. The molecule has 0 radical (unpaired) electrons. The molecule has 0 aromatic heterocycles. The number of hydrogen-bond acceptors (Lipinski definition) is 2. The van der Waals surface area contributed by atoms with Gasteiger partial charge in [0, 0.05) is 13.0 Å². The lowest BCUT2D eigenvalue weighted by Crippen LogP contribution is -2.46. The van der Waals surface area contributed by atoms with Crippen molar-refractivity contribution in [3.63, 3.8) is 0 Å². The molecule has 0 atom stereocenters. The number of hydrogen-bond donors (Lipinski definition) is 1. The van der Waals surface area contributed by atoms with E-state index >= 15 is 0 Å². The van der Waals surface area contributed by atoms with Crippen LogP contribution in [0.4, 0.5) is 5.69 Å². The number of benzene rings is 1. The normalized spacial score (nSPS) is 16.9. The first-order valence-electron chi connectivity index (χ1n) is 6.14. The van der Waals surface area contributed by atoms with E-state index in [0.717, 1.165) is 18.7 Å². The standard InChI is InChI=1S/C14H20N2O/c1-14(2,3)11-6-8-12(9-7-11)16-10-4-5-13(17)15-16/h6-9H,4-5,10H2,1-3H3,(H,15,17). The van der Waals surface area contributed by atoms with Gasteiger partial charge in [-0.2, -0.15) is 0 Å². The summed E-state index contributed by atoms with van der Waals surface area (Å²) in [5.74, 6) is 0.108. The van der Waals surface area contributed by atoms with Crippen molar-refractivity contribution in [1.29, 1.82) is 0 Å². The van der Waals surface area contributed by atoms with Gasteiger partial charge in [0.25, 0.3) is 0 Å². The fourth-order valence-corrected chi connectivity index (χ4v) is 2.00. The lowest BCUT2D eigenvalue weighted by atomic mass is 9.87. The lowest BCUT2D eigenvalue weighted by Gasteiger charge is -2.29. The molecule has 2 rings (SSSR count). The molecule has 1 N–H and O–H groups in total. The van der Waals surface area contributed by atoms with Gasteiger partial charge in [-0.05, 0) is 29.5 Å². The third-order valence-corrected chi connectivity index (χ3v) is 3.09. The number of nitrogens with zero attached hydrogens (tertiary/aromatic N) is 1. The molecule has 1 aromatic rings. The molecule has 0 aliphatic carbocycles. The molecule has 1 aliphatic heterocycles. The maximum absolute atomic E-state index is 11.3. The molecule has 17 heavy (non-hydrogen) atoms. The third-order valence-electron chi connectivity index (χ3n) is 3.09. The second-order valence-electron chi connectivity index (χ2n) is 5.59. The summed E-state index contributed by atoms with van der Waals surface area (Å²) >= 11 is 0. The van der Waals surface area contributed by atoms with Gasteiger partial charge in [-0.1, -0.05) is 32.9 Å². The zero-order valence-electron chi connectivity index (χ0n) is 10.8. The molecule has 3 nitrogen and oxygen atoms in total. The van der Waals surface area contributed by atoms with Crippen LogP contribution in [0.2, 0.25) is 0 Å². The van der Waals surface area contributed by atoms with Gasteiger partial charge in [-0.3, -0.25) is 15.2 Å². The molecule has 1 saturated heterocycles. The average Bonchev–Trinajstić information content (AvgIpc) is 2.28. The highest BCUT2D eigenvalue weighted by molar-refractivity contribution is 5.79. The number of carbonyl (C=O) groups is 1. The molecular weight excluding hydrogens is 212 g/mol. The molecule has 1 fully saturated rings. The molecule has 0 bridgehead atoms. The quantitative estimate of drug-likeness (QED) is 0.807. The monoisotopic (exact) mass is 232 g/mol. The average molecular weight is 232 g/mol. The minimum Gasteiger partial charge on any atom is -0.286 e. The van der Waals surface area contributed by atoms with Crippen molar-refractivity contribution in [3.05, 3.63) is 29.8 Å². The number of carbonyl (C=O) groups excluding carboxylic acids is 1. The summed E-state index contributed by atoms with van der Waals surface area (Å²) in [4.78, 5) is 11.3. The van der Waals surface area contributed by atoms with E-state index in [1.807, 2.05) is 5.01 Å². The first kappa shape index (κ1) is 12.0. The van der Waals surface area contributed by atoms with Crippen molar-refractivity contribution < 1.29 is 4.79 Å². The number of hydrazine groups is 1. The minimum atomic E-state index is 0.108. The van der Waals surface area contributed by atoms with Gasteiger partial charge >= 0.3 is 0 Å². The number of anilines is 1. The van der Waals surface area contributed by atoms with Gasteiger partial charge < -0.3 is 0 Å². The van der Waals surface area contributed by atoms with Crippen molar-refractivity contribution in [3.8, 4) is 0 Å². The van der Waals surface area contributed by atoms with Crippen LogP contribution in [0.1, 0.15) is 39.2 Å². The Kier molecular flexibility index (Phi) is 3.09. The van der Waals surface area contributed by atoms with Crippen LogP contribution in [0, 0.1) is 0 Å². The summed E-state index contributed by atoms with van der Waals surface area (Å²) in [5, 5.41) is 1.93. The number of nitrogens with one attached hydrogen (secondary N) is 1. The first-order valence-corrected chi connectivity index (χ1v) is 6.14. The van der Waals surface area contributed by atoms with Gasteiger partial charge in [0.2, 0.25) is 5.91 Å². The summed E-state index contributed by atoms with van der Waals surface area (Å²) in [7, 11) is 0. The van der Waals surface area contributed by atoms with Crippen LogP contribution in [0.15, 0.2) is 24.3 Å². The fraction of sp³-hybridized carbons (Fsp3) is 0.500. The lowest BCUT2D eigenvalue weighted by molar-refractivity contribution is -0.122. The van der Waals surface area contributed by atoms with Gasteiger partial charge in [0.15, 0.2) is 0 Å². The molecule has 1 amide bonds. The number of rotatable bonds is 1. The van der Waals surface area contributed by atoms with E-state index in [0.29, 0.717) is 6.42 Å². The van der Waals surface area contributed by atoms with E-state index in [9.17, 15) is 4.79 Å². The summed E-state index contributed by atoms with van der Waals surface area (Å²) in [6, 6.07) is 8.42. The van der Waals surface area contributed by atoms with E-state index in [2.05, 4.69) is 50.5 Å². The molecule has 0 saturated carbocycles. The molecule has 1 aromatic carbocycles. The molecule has 3 heteroatoms. The summed E-state index contributed by atoms with van der Waals surface area (Å²) < 4.78 is 0. The highest BCUT2D eigenvalue weighted by Gasteiger charge is 2.17. The smallest absolute Gasteiger partial charge is 0.238 e. The molecule has 1 aliphatic rings. The zero-order chi connectivity index (χ0) is 12.5. The Hall–Kier alpha value is -1.51. The van der Waals surface area contributed by atoms with Gasteiger partial charge in [0.05, 0.1) is 5.69 Å². The van der Waals surface area contributed by atoms with Crippen molar-refractivity contribution >= 4 is 11.6 Å². The van der Waals surface area contributed by atoms with E-state index in [1.54, 1.807) is 0 Å². The predicted molar refractivity (Wildman–Crippen MR) is 69.9 cm³/mol. The topological polar surface area (TPSA) is 32.3 Å². The van der Waals surface area contributed by atoms with Crippen LogP contribution in [0.5, 0.6) is 0 Å². The molecular formula is C14H20N2O. The Morgan fingerprint density at radius 2 is 1.82 bits per heavy atom. The largest absolute Gasteiger partial charge is 0.286 e. The van der Waals surface area contributed by atoms with Gasteiger partial charge in [-0.25, -0.2) is 0 Å². The third kappa shape index (κ3) is 2.78. The maximum Gasteiger partial charge on any atom is 0.238 e. The fourth-order valence-electron chi connectivity index (χ4n) is 2.00. The van der Waals surface area contributed by atoms with Crippen LogP contribution < -0.4 is 10.4 Å². The van der Waals surface area contributed by atoms with Gasteiger partial charge in [-0.15, -0.1) is 0 Å². The van der Waals surface area contributed by atoms with E-state index in [-0.39, 0.29) is 11.3 Å². The number of amides is 1.